The first-order chi connectivity index (χ1) is 11.2. The molecule has 0 saturated heterocycles. The highest BCUT2D eigenvalue weighted by Gasteiger charge is 2.43. The predicted octanol–water partition coefficient (Wildman–Crippen LogP) is 2.50. The summed E-state index contributed by atoms with van der Waals surface area (Å²) >= 11 is 0. The molecule has 2 N–H and O–H groups in total. The Bertz CT molecular complexity index is 542. The van der Waals surface area contributed by atoms with Crippen molar-refractivity contribution in [2.45, 2.75) is 46.4 Å². The monoisotopic (exact) mass is 337 g/mol. The summed E-state index contributed by atoms with van der Waals surface area (Å²) in [5.41, 5.74) is -0.291. The van der Waals surface area contributed by atoms with Gasteiger partial charge in [0.1, 0.15) is 6.61 Å². The number of ether oxygens (including phenoxy) is 2. The smallest absolute Gasteiger partial charge is 0.407 e. The quantitative estimate of drug-likeness (QED) is 0.747. The Labute approximate surface area is 143 Å². The predicted molar refractivity (Wildman–Crippen MR) is 90.2 cm³/mol. The molecule has 0 saturated carbocycles. The van der Waals surface area contributed by atoms with E-state index in [1.54, 1.807) is 13.8 Å². The van der Waals surface area contributed by atoms with Crippen LogP contribution in [-0.4, -0.2) is 36.4 Å². The number of benzene rings is 1. The number of esters is 1. The molecule has 0 unspecified atom stereocenters. The van der Waals surface area contributed by atoms with Crippen LogP contribution < -0.4 is 5.32 Å². The largest absolute Gasteiger partial charge is 0.469 e. The van der Waals surface area contributed by atoms with Crippen molar-refractivity contribution in [1.82, 2.24) is 5.32 Å². The maximum absolute atomic E-state index is 12.0. The molecule has 0 bridgehead atoms. The molecule has 0 aliphatic rings. The Morgan fingerprint density at radius 2 is 1.79 bits per heavy atom. The molecule has 1 rings (SSSR count). The van der Waals surface area contributed by atoms with Crippen molar-refractivity contribution >= 4 is 12.1 Å². The molecule has 0 spiro atoms. The number of aliphatic hydroxyl groups excluding tert-OH is 1. The van der Waals surface area contributed by atoms with Crippen molar-refractivity contribution in [2.24, 2.45) is 11.3 Å². The van der Waals surface area contributed by atoms with Crippen LogP contribution in [0.2, 0.25) is 0 Å². The summed E-state index contributed by atoms with van der Waals surface area (Å²) in [6.45, 7) is 6.98. The Hall–Kier alpha value is -2.08. The average Bonchev–Trinajstić information content (AvgIpc) is 2.56. The molecule has 0 radical (unpaired) electrons. The fourth-order valence-electron chi connectivity index (χ4n) is 2.34. The van der Waals surface area contributed by atoms with Gasteiger partial charge in [0.2, 0.25) is 0 Å². The minimum atomic E-state index is -1.16. The number of hydrogen-bond acceptors (Lipinski definition) is 5. The molecule has 1 aromatic carbocycles. The van der Waals surface area contributed by atoms with Crippen LogP contribution >= 0.6 is 0 Å². The zero-order chi connectivity index (χ0) is 18.3. The van der Waals surface area contributed by atoms with Gasteiger partial charge in [0.15, 0.2) is 0 Å². The molecule has 0 fully saturated rings. The highest BCUT2D eigenvalue weighted by atomic mass is 16.5. The van der Waals surface area contributed by atoms with Crippen LogP contribution in [0.3, 0.4) is 0 Å². The summed E-state index contributed by atoms with van der Waals surface area (Å²) < 4.78 is 9.91. The van der Waals surface area contributed by atoms with Crippen LogP contribution in [0, 0.1) is 11.3 Å². The standard InChI is InChI=1S/C18H27NO5/c1-12(2)14(15(20)18(3,4)16(21)23-5)19-17(22)24-11-13-9-7-6-8-10-13/h6-10,12,14-15,20H,11H2,1-5H3,(H,19,22)/t14-,15+/m0/s1. The van der Waals surface area contributed by atoms with E-state index in [-0.39, 0.29) is 12.5 Å². The molecule has 0 aliphatic heterocycles. The van der Waals surface area contributed by atoms with Crippen LogP contribution in [0.4, 0.5) is 4.79 Å². The fourth-order valence-corrected chi connectivity index (χ4v) is 2.34. The molecule has 2 atom stereocenters. The van der Waals surface area contributed by atoms with Gasteiger partial charge < -0.3 is 19.9 Å². The molecule has 134 valence electrons. The Morgan fingerprint density at radius 1 is 1.21 bits per heavy atom. The van der Waals surface area contributed by atoms with E-state index in [4.69, 9.17) is 9.47 Å². The van der Waals surface area contributed by atoms with Crippen LogP contribution in [0.25, 0.3) is 0 Å². The molecule has 6 nitrogen and oxygen atoms in total. The molecule has 6 heteroatoms. The van der Waals surface area contributed by atoms with Gasteiger partial charge in [-0.2, -0.15) is 0 Å². The molecular weight excluding hydrogens is 310 g/mol. The fraction of sp³-hybridized carbons (Fsp3) is 0.556. The highest BCUT2D eigenvalue weighted by molar-refractivity contribution is 5.77. The third kappa shape index (κ3) is 5.23. The van der Waals surface area contributed by atoms with Gasteiger partial charge in [-0.05, 0) is 25.3 Å². The van der Waals surface area contributed by atoms with Gasteiger partial charge in [0.25, 0.3) is 0 Å². The number of nitrogens with one attached hydrogen (secondary N) is 1. The van der Waals surface area contributed by atoms with E-state index >= 15 is 0 Å². The van der Waals surface area contributed by atoms with Crippen molar-refractivity contribution in [3.05, 3.63) is 35.9 Å². The first kappa shape index (κ1) is 20.0. The molecule has 1 aromatic rings. The second-order valence-corrected chi connectivity index (χ2v) is 6.63. The molecular formula is C18H27NO5. The van der Waals surface area contributed by atoms with Gasteiger partial charge in [0, 0.05) is 0 Å². The van der Waals surface area contributed by atoms with Crippen LogP contribution in [0.5, 0.6) is 0 Å². The number of methoxy groups -OCH3 is 1. The van der Waals surface area contributed by atoms with Crippen LogP contribution in [0.15, 0.2) is 30.3 Å². The highest BCUT2D eigenvalue weighted by Crippen LogP contribution is 2.27. The maximum atomic E-state index is 12.0. The summed E-state index contributed by atoms with van der Waals surface area (Å²) in [4.78, 5) is 23.9. The lowest BCUT2D eigenvalue weighted by molar-refractivity contribution is -0.159. The van der Waals surface area contributed by atoms with Gasteiger partial charge in [-0.25, -0.2) is 4.79 Å². The SMILES string of the molecule is COC(=O)C(C)(C)[C@H](O)[C@@H](NC(=O)OCc1ccccc1)C(C)C. The van der Waals surface area contributed by atoms with Crippen molar-refractivity contribution in [2.75, 3.05) is 7.11 Å². The van der Waals surface area contributed by atoms with Gasteiger partial charge in [-0.1, -0.05) is 44.2 Å². The topological polar surface area (TPSA) is 84.9 Å². The van der Waals surface area contributed by atoms with Crippen LogP contribution in [-0.2, 0) is 20.9 Å². The lowest BCUT2D eigenvalue weighted by Crippen LogP contribution is -2.54. The van der Waals surface area contributed by atoms with E-state index in [0.29, 0.717) is 0 Å². The lowest BCUT2D eigenvalue weighted by atomic mass is 9.79. The summed E-state index contributed by atoms with van der Waals surface area (Å²) in [6.07, 6.45) is -1.76. The van der Waals surface area contributed by atoms with E-state index in [1.165, 1.54) is 7.11 Å². The number of amides is 1. The first-order valence-electron chi connectivity index (χ1n) is 7.93. The van der Waals surface area contributed by atoms with Crippen molar-refractivity contribution in [3.63, 3.8) is 0 Å². The molecule has 0 heterocycles. The van der Waals surface area contributed by atoms with Crippen LogP contribution in [0.1, 0.15) is 33.3 Å². The summed E-state index contributed by atoms with van der Waals surface area (Å²) in [5.74, 6) is -0.645. The molecule has 1 amide bonds. The number of alkyl carbamates (subject to hydrolysis) is 1. The minimum Gasteiger partial charge on any atom is -0.469 e. The zero-order valence-electron chi connectivity index (χ0n) is 14.9. The first-order valence-corrected chi connectivity index (χ1v) is 7.93. The summed E-state index contributed by atoms with van der Waals surface area (Å²) in [7, 11) is 1.27. The van der Waals surface area contributed by atoms with Gasteiger partial charge >= 0.3 is 12.1 Å². The third-order valence-electron chi connectivity index (χ3n) is 4.01. The molecule has 0 aromatic heterocycles. The Morgan fingerprint density at radius 3 is 2.29 bits per heavy atom. The summed E-state index contributed by atoms with van der Waals surface area (Å²) in [6, 6.07) is 8.64. The van der Waals surface area contributed by atoms with E-state index in [9.17, 15) is 14.7 Å². The molecule has 24 heavy (non-hydrogen) atoms. The molecule has 0 aliphatic carbocycles. The van der Waals surface area contributed by atoms with Crippen molar-refractivity contribution in [1.29, 1.82) is 0 Å². The van der Waals surface area contributed by atoms with Crippen molar-refractivity contribution in [3.8, 4) is 0 Å². The van der Waals surface area contributed by atoms with E-state index in [1.807, 2.05) is 44.2 Å². The Kier molecular flexibility index (Phi) is 7.22. The van der Waals surface area contributed by atoms with E-state index in [2.05, 4.69) is 5.32 Å². The number of aliphatic hydroxyl groups is 1. The average molecular weight is 337 g/mol. The number of hydrogen-bond donors (Lipinski definition) is 2. The second-order valence-electron chi connectivity index (χ2n) is 6.63. The minimum absolute atomic E-state index is 0.104. The number of rotatable bonds is 7. The number of carbonyl (C=O) groups is 2. The third-order valence-corrected chi connectivity index (χ3v) is 4.01. The van der Waals surface area contributed by atoms with Crippen molar-refractivity contribution < 1.29 is 24.2 Å². The Balaban J connectivity index is 2.71. The maximum Gasteiger partial charge on any atom is 0.407 e. The summed E-state index contributed by atoms with van der Waals surface area (Å²) in [5, 5.41) is 13.2. The van der Waals surface area contributed by atoms with E-state index < -0.39 is 29.6 Å². The van der Waals surface area contributed by atoms with Gasteiger partial charge in [0.05, 0.1) is 24.7 Å². The zero-order valence-corrected chi connectivity index (χ0v) is 14.9. The van der Waals surface area contributed by atoms with E-state index in [0.717, 1.165) is 5.56 Å². The lowest BCUT2D eigenvalue weighted by Gasteiger charge is -2.35. The second kappa shape index (κ2) is 8.68. The van der Waals surface area contributed by atoms with Gasteiger partial charge in [-0.15, -0.1) is 0 Å². The number of carbonyl (C=O) groups excluding carboxylic acids is 2. The van der Waals surface area contributed by atoms with Gasteiger partial charge in [-0.3, -0.25) is 4.79 Å². The normalized spacial score (nSPS) is 14.0.